The van der Waals surface area contributed by atoms with Gasteiger partial charge in [0.1, 0.15) is 11.6 Å². The molecule has 1 rings (SSSR count). The number of hydrogen-bond acceptors (Lipinski definition) is 5. The first-order chi connectivity index (χ1) is 9.42. The molecule has 20 heavy (non-hydrogen) atoms. The molecule has 0 aliphatic heterocycles. The molecule has 8 heteroatoms. The van der Waals surface area contributed by atoms with E-state index in [1.54, 1.807) is 18.7 Å². The van der Waals surface area contributed by atoms with Crippen LogP contribution in [0, 0.1) is 0 Å². The summed E-state index contributed by atoms with van der Waals surface area (Å²) in [5.41, 5.74) is 6.02. The van der Waals surface area contributed by atoms with Crippen LogP contribution in [0.5, 0.6) is 0 Å². The fraction of sp³-hybridized carbons (Fsp3) is 0.583. The Morgan fingerprint density at radius 3 is 2.60 bits per heavy atom. The van der Waals surface area contributed by atoms with Crippen LogP contribution in [0.15, 0.2) is 0 Å². The minimum absolute atomic E-state index is 0.114. The number of ether oxygens (including phenoxy) is 1. The molecule has 0 fully saturated rings. The second-order valence-electron chi connectivity index (χ2n) is 4.39. The molecule has 1 aromatic rings. The van der Waals surface area contributed by atoms with Gasteiger partial charge in [-0.25, -0.2) is 14.6 Å². The predicted molar refractivity (Wildman–Crippen MR) is 74.4 cm³/mol. The van der Waals surface area contributed by atoms with Crippen LogP contribution in [0.2, 0.25) is 0 Å². The van der Waals surface area contributed by atoms with Crippen molar-refractivity contribution in [3.8, 4) is 0 Å². The summed E-state index contributed by atoms with van der Waals surface area (Å²) < 4.78 is 6.34. The number of aryl methyl sites for hydroxylation is 1. The Hall–Kier alpha value is -2.25. The van der Waals surface area contributed by atoms with Crippen molar-refractivity contribution in [2.75, 3.05) is 33.5 Å². The van der Waals surface area contributed by atoms with Crippen LogP contribution in [-0.4, -0.2) is 54.2 Å². The largest absolute Gasteiger partial charge is 0.464 e. The van der Waals surface area contributed by atoms with Gasteiger partial charge in [0.2, 0.25) is 0 Å². The van der Waals surface area contributed by atoms with E-state index in [1.807, 2.05) is 6.92 Å². The van der Waals surface area contributed by atoms with Gasteiger partial charge >= 0.3 is 12.0 Å². The summed E-state index contributed by atoms with van der Waals surface area (Å²) in [5.74, 6) is 0.378. The lowest BCUT2D eigenvalue weighted by molar-refractivity contribution is 0.0595. The Morgan fingerprint density at radius 1 is 1.45 bits per heavy atom. The number of rotatable bonds is 5. The molecule has 0 unspecified atom stereocenters. The molecule has 0 aromatic carbocycles. The molecule has 0 radical (unpaired) electrons. The zero-order valence-corrected chi connectivity index (χ0v) is 12.3. The highest BCUT2D eigenvalue weighted by atomic mass is 16.5. The molecule has 112 valence electrons. The SMILES string of the molecule is CCc1nc(C(=O)OC)c(N)n1CCNC(=O)N(C)C. The van der Waals surface area contributed by atoms with Gasteiger partial charge in [-0.1, -0.05) is 6.92 Å². The minimum Gasteiger partial charge on any atom is -0.464 e. The number of urea groups is 1. The van der Waals surface area contributed by atoms with E-state index in [9.17, 15) is 9.59 Å². The molecule has 1 heterocycles. The van der Waals surface area contributed by atoms with Crippen LogP contribution in [0.3, 0.4) is 0 Å². The van der Waals surface area contributed by atoms with E-state index in [-0.39, 0.29) is 17.5 Å². The highest BCUT2D eigenvalue weighted by molar-refractivity contribution is 5.92. The van der Waals surface area contributed by atoms with Gasteiger partial charge in [-0.2, -0.15) is 0 Å². The lowest BCUT2D eigenvalue weighted by Gasteiger charge is -2.13. The van der Waals surface area contributed by atoms with Gasteiger partial charge in [0.25, 0.3) is 0 Å². The number of nitrogen functional groups attached to an aromatic ring is 1. The summed E-state index contributed by atoms with van der Waals surface area (Å²) in [6.45, 7) is 2.75. The second kappa shape index (κ2) is 6.78. The van der Waals surface area contributed by atoms with Crippen LogP contribution in [0.4, 0.5) is 10.6 Å². The third-order valence-electron chi connectivity index (χ3n) is 2.80. The molecule has 0 bridgehead atoms. The van der Waals surface area contributed by atoms with E-state index in [4.69, 9.17) is 5.73 Å². The summed E-state index contributed by atoms with van der Waals surface area (Å²) in [6, 6.07) is -0.185. The number of nitrogens with zero attached hydrogens (tertiary/aromatic N) is 3. The first-order valence-electron chi connectivity index (χ1n) is 6.30. The molecular formula is C12H21N5O3. The van der Waals surface area contributed by atoms with Crippen molar-refractivity contribution in [2.45, 2.75) is 19.9 Å². The maximum absolute atomic E-state index is 11.5. The molecule has 0 aliphatic rings. The number of amides is 2. The van der Waals surface area contributed by atoms with E-state index in [0.717, 1.165) is 0 Å². The molecule has 0 aliphatic carbocycles. The van der Waals surface area contributed by atoms with E-state index >= 15 is 0 Å². The maximum atomic E-state index is 11.5. The molecule has 1 aromatic heterocycles. The Bertz CT molecular complexity index is 496. The number of anilines is 1. The maximum Gasteiger partial charge on any atom is 0.360 e. The molecule has 2 amide bonds. The van der Waals surface area contributed by atoms with Crippen LogP contribution in [-0.2, 0) is 17.7 Å². The van der Waals surface area contributed by atoms with Gasteiger partial charge in [-0.15, -0.1) is 0 Å². The number of aromatic nitrogens is 2. The fourth-order valence-corrected chi connectivity index (χ4v) is 1.71. The Morgan fingerprint density at radius 2 is 2.10 bits per heavy atom. The number of esters is 1. The van der Waals surface area contributed by atoms with Crippen LogP contribution in [0.1, 0.15) is 23.2 Å². The first kappa shape index (κ1) is 15.8. The normalized spacial score (nSPS) is 10.2. The minimum atomic E-state index is -0.562. The number of carbonyl (C=O) groups excluding carboxylic acids is 2. The standard InChI is InChI=1S/C12H21N5O3/c1-5-8-15-9(11(18)20-4)10(13)17(8)7-6-14-12(19)16(2)3/h5-7,13H2,1-4H3,(H,14,19). The average Bonchev–Trinajstić information content (AvgIpc) is 2.74. The highest BCUT2D eigenvalue weighted by Gasteiger charge is 2.20. The monoisotopic (exact) mass is 283 g/mol. The number of hydrogen-bond donors (Lipinski definition) is 2. The van der Waals surface area contributed by atoms with Crippen molar-refractivity contribution in [3.63, 3.8) is 0 Å². The van der Waals surface area contributed by atoms with E-state index in [0.29, 0.717) is 25.3 Å². The number of nitrogens with one attached hydrogen (secondary N) is 1. The fourth-order valence-electron chi connectivity index (χ4n) is 1.71. The zero-order chi connectivity index (χ0) is 15.3. The molecule has 0 saturated carbocycles. The van der Waals surface area contributed by atoms with Crippen molar-refractivity contribution in [1.82, 2.24) is 19.8 Å². The molecule has 0 saturated heterocycles. The first-order valence-corrected chi connectivity index (χ1v) is 6.30. The average molecular weight is 283 g/mol. The molecule has 0 atom stereocenters. The highest BCUT2D eigenvalue weighted by Crippen LogP contribution is 2.15. The summed E-state index contributed by atoms with van der Waals surface area (Å²) in [4.78, 5) is 28.6. The predicted octanol–water partition coefficient (Wildman–Crippen LogP) is 0.0855. The lowest BCUT2D eigenvalue weighted by atomic mass is 10.4. The molecular weight excluding hydrogens is 262 g/mol. The molecule has 8 nitrogen and oxygen atoms in total. The van der Waals surface area contributed by atoms with Crippen LogP contribution >= 0.6 is 0 Å². The number of carbonyl (C=O) groups is 2. The third-order valence-corrected chi connectivity index (χ3v) is 2.80. The van der Waals surface area contributed by atoms with Gasteiger partial charge < -0.3 is 25.3 Å². The molecule has 3 N–H and O–H groups in total. The van der Waals surface area contributed by atoms with Crippen molar-refractivity contribution in [1.29, 1.82) is 0 Å². The quantitative estimate of drug-likeness (QED) is 0.745. The van der Waals surface area contributed by atoms with Crippen molar-refractivity contribution in [3.05, 3.63) is 11.5 Å². The zero-order valence-electron chi connectivity index (χ0n) is 12.3. The third kappa shape index (κ3) is 3.40. The second-order valence-corrected chi connectivity index (χ2v) is 4.39. The van der Waals surface area contributed by atoms with Crippen molar-refractivity contribution < 1.29 is 14.3 Å². The number of nitrogens with two attached hydrogens (primary N) is 1. The van der Waals surface area contributed by atoms with Crippen LogP contribution in [0.25, 0.3) is 0 Å². The smallest absolute Gasteiger partial charge is 0.360 e. The Kier molecular flexibility index (Phi) is 5.36. The van der Waals surface area contributed by atoms with Crippen molar-refractivity contribution >= 4 is 17.8 Å². The van der Waals surface area contributed by atoms with E-state index in [1.165, 1.54) is 12.0 Å². The van der Waals surface area contributed by atoms with E-state index in [2.05, 4.69) is 15.0 Å². The number of methoxy groups -OCH3 is 1. The molecule has 0 spiro atoms. The Labute approximate surface area is 117 Å². The van der Waals surface area contributed by atoms with E-state index < -0.39 is 5.97 Å². The summed E-state index contributed by atoms with van der Waals surface area (Å²) in [6.07, 6.45) is 0.628. The van der Waals surface area contributed by atoms with Gasteiger partial charge in [0.15, 0.2) is 5.69 Å². The van der Waals surface area contributed by atoms with Gasteiger partial charge in [0.05, 0.1) is 7.11 Å². The topological polar surface area (TPSA) is 102 Å². The van der Waals surface area contributed by atoms with Crippen molar-refractivity contribution in [2.24, 2.45) is 0 Å². The summed E-state index contributed by atoms with van der Waals surface area (Å²) in [7, 11) is 4.60. The summed E-state index contributed by atoms with van der Waals surface area (Å²) in [5, 5.41) is 2.73. The van der Waals surface area contributed by atoms with Gasteiger partial charge in [0, 0.05) is 33.6 Å². The lowest BCUT2D eigenvalue weighted by Crippen LogP contribution is -2.36. The number of imidazole rings is 1. The van der Waals surface area contributed by atoms with Crippen LogP contribution < -0.4 is 11.1 Å². The van der Waals surface area contributed by atoms with Gasteiger partial charge in [-0.3, -0.25) is 0 Å². The van der Waals surface area contributed by atoms with Gasteiger partial charge in [-0.05, 0) is 0 Å². The summed E-state index contributed by atoms with van der Waals surface area (Å²) >= 11 is 0. The Balaban J connectivity index is 2.81.